The SMILES string of the molecule is CN(C)CCO[C@@H]1CC[C@H]2[C@@H]3CCc4cc(O)ccc4[C@H]3CC[C@]12C. The summed E-state index contributed by atoms with van der Waals surface area (Å²) in [5, 5.41) is 9.81. The van der Waals surface area contributed by atoms with Crippen LogP contribution < -0.4 is 0 Å². The summed E-state index contributed by atoms with van der Waals surface area (Å²) in [4.78, 5) is 2.21. The summed E-state index contributed by atoms with van der Waals surface area (Å²) in [7, 11) is 4.23. The van der Waals surface area contributed by atoms with Crippen LogP contribution in [0.1, 0.15) is 56.1 Å². The molecule has 2 saturated carbocycles. The molecular weight excluding hydrogens is 310 g/mol. The van der Waals surface area contributed by atoms with Crippen LogP contribution in [-0.4, -0.2) is 43.4 Å². The number of rotatable bonds is 4. The molecule has 1 aromatic rings. The van der Waals surface area contributed by atoms with Crippen molar-refractivity contribution in [1.29, 1.82) is 0 Å². The van der Waals surface area contributed by atoms with Gasteiger partial charge in [-0.15, -0.1) is 0 Å². The number of aryl methyl sites for hydroxylation is 1. The second kappa shape index (κ2) is 6.59. The van der Waals surface area contributed by atoms with Gasteiger partial charge < -0.3 is 14.7 Å². The molecule has 0 radical (unpaired) electrons. The monoisotopic (exact) mass is 343 g/mol. The molecule has 1 aromatic carbocycles. The zero-order valence-electron chi connectivity index (χ0n) is 16.0. The van der Waals surface area contributed by atoms with E-state index in [0.29, 0.717) is 23.2 Å². The Bertz CT molecular complexity index is 628. The Morgan fingerprint density at radius 3 is 2.84 bits per heavy atom. The van der Waals surface area contributed by atoms with Crippen molar-refractivity contribution >= 4 is 0 Å². The van der Waals surface area contributed by atoms with Gasteiger partial charge in [0.05, 0.1) is 12.7 Å². The summed E-state index contributed by atoms with van der Waals surface area (Å²) >= 11 is 0. The second-order valence-electron chi connectivity index (χ2n) is 9.08. The Morgan fingerprint density at radius 1 is 1.20 bits per heavy atom. The van der Waals surface area contributed by atoms with Gasteiger partial charge in [-0.05, 0) is 99.0 Å². The Balaban J connectivity index is 1.51. The third-order valence-electron chi connectivity index (χ3n) is 7.48. The Kier molecular flexibility index (Phi) is 4.57. The van der Waals surface area contributed by atoms with Crippen LogP contribution in [0.2, 0.25) is 0 Å². The Morgan fingerprint density at radius 2 is 2.04 bits per heavy atom. The van der Waals surface area contributed by atoms with Crippen LogP contribution in [0.4, 0.5) is 0 Å². The molecule has 25 heavy (non-hydrogen) atoms. The van der Waals surface area contributed by atoms with Crippen LogP contribution in [0.25, 0.3) is 0 Å². The summed E-state index contributed by atoms with van der Waals surface area (Å²) in [5.74, 6) is 2.73. The highest BCUT2D eigenvalue weighted by Gasteiger charge is 2.55. The van der Waals surface area contributed by atoms with E-state index in [1.54, 1.807) is 0 Å². The summed E-state index contributed by atoms with van der Waals surface area (Å²) < 4.78 is 6.38. The molecule has 1 N–H and O–H groups in total. The molecule has 0 aromatic heterocycles. The van der Waals surface area contributed by atoms with Gasteiger partial charge in [0.25, 0.3) is 0 Å². The van der Waals surface area contributed by atoms with E-state index in [-0.39, 0.29) is 0 Å². The molecule has 4 rings (SSSR count). The van der Waals surface area contributed by atoms with Gasteiger partial charge in [0.15, 0.2) is 0 Å². The number of benzene rings is 1. The molecule has 0 saturated heterocycles. The largest absolute Gasteiger partial charge is 0.508 e. The van der Waals surface area contributed by atoms with Gasteiger partial charge in [0, 0.05) is 6.54 Å². The zero-order chi connectivity index (χ0) is 17.6. The molecule has 3 aliphatic carbocycles. The van der Waals surface area contributed by atoms with Crippen LogP contribution in [0.3, 0.4) is 0 Å². The molecule has 0 spiro atoms. The third-order valence-corrected chi connectivity index (χ3v) is 7.48. The van der Waals surface area contributed by atoms with Crippen LogP contribution >= 0.6 is 0 Å². The van der Waals surface area contributed by atoms with Crippen molar-refractivity contribution in [2.45, 2.75) is 57.5 Å². The number of phenols is 1. The average Bonchev–Trinajstić information content (AvgIpc) is 2.91. The number of likely N-dealkylation sites (N-methyl/N-ethyl adjacent to an activating group) is 1. The van der Waals surface area contributed by atoms with E-state index in [4.69, 9.17) is 4.74 Å². The molecule has 138 valence electrons. The predicted molar refractivity (Wildman–Crippen MR) is 101 cm³/mol. The van der Waals surface area contributed by atoms with Crippen molar-refractivity contribution in [1.82, 2.24) is 4.90 Å². The standard InChI is InChI=1S/C22H33NO2/c1-22-11-10-18-17-7-5-16(24)14-15(17)4-6-19(18)20(22)8-9-21(22)25-13-12-23(2)3/h5,7,14,18-21,24H,4,6,8-13H2,1-3H3/t18-,19-,20+,21-,22+/m1/s1. The van der Waals surface area contributed by atoms with Crippen molar-refractivity contribution in [3.05, 3.63) is 29.3 Å². The Labute approximate surface area is 152 Å². The van der Waals surface area contributed by atoms with E-state index in [1.807, 2.05) is 12.1 Å². The fourth-order valence-electron chi connectivity index (χ4n) is 6.17. The lowest BCUT2D eigenvalue weighted by molar-refractivity contribution is -0.0661. The van der Waals surface area contributed by atoms with Crippen LogP contribution in [0, 0.1) is 17.3 Å². The highest BCUT2D eigenvalue weighted by molar-refractivity contribution is 5.40. The van der Waals surface area contributed by atoms with Gasteiger partial charge in [0.2, 0.25) is 0 Å². The van der Waals surface area contributed by atoms with Crippen LogP contribution in [0.5, 0.6) is 5.75 Å². The summed E-state index contributed by atoms with van der Waals surface area (Å²) in [6.45, 7) is 4.38. The van der Waals surface area contributed by atoms with Crippen molar-refractivity contribution in [3.63, 3.8) is 0 Å². The molecule has 0 unspecified atom stereocenters. The van der Waals surface area contributed by atoms with Gasteiger partial charge in [-0.1, -0.05) is 13.0 Å². The lowest BCUT2D eigenvalue weighted by Gasteiger charge is -2.50. The number of ether oxygens (including phenoxy) is 1. The number of hydrogen-bond donors (Lipinski definition) is 1. The first-order valence-electron chi connectivity index (χ1n) is 10.1. The van der Waals surface area contributed by atoms with Crippen molar-refractivity contribution < 1.29 is 9.84 Å². The molecule has 0 aliphatic heterocycles. The fourth-order valence-corrected chi connectivity index (χ4v) is 6.17. The normalized spacial score (nSPS) is 36.8. The molecule has 3 aliphatic rings. The van der Waals surface area contributed by atoms with Crippen molar-refractivity contribution in [2.75, 3.05) is 27.2 Å². The third kappa shape index (κ3) is 3.00. The molecular formula is C22H33NO2. The maximum absolute atomic E-state index is 9.81. The van der Waals surface area contributed by atoms with E-state index in [1.165, 1.54) is 43.2 Å². The molecule has 0 heterocycles. The smallest absolute Gasteiger partial charge is 0.115 e. The number of phenolic OH excluding ortho intramolecular Hbond substituents is 1. The Hall–Kier alpha value is -1.06. The van der Waals surface area contributed by atoms with E-state index >= 15 is 0 Å². The van der Waals surface area contributed by atoms with E-state index in [0.717, 1.165) is 31.4 Å². The highest BCUT2D eigenvalue weighted by atomic mass is 16.5. The quantitative estimate of drug-likeness (QED) is 0.889. The highest BCUT2D eigenvalue weighted by Crippen LogP contribution is 2.61. The molecule has 3 nitrogen and oxygen atoms in total. The maximum atomic E-state index is 9.81. The van der Waals surface area contributed by atoms with E-state index < -0.39 is 0 Å². The topological polar surface area (TPSA) is 32.7 Å². The number of hydrogen-bond acceptors (Lipinski definition) is 3. The fraction of sp³-hybridized carbons (Fsp3) is 0.727. The lowest BCUT2D eigenvalue weighted by Crippen LogP contribution is -2.45. The zero-order valence-corrected chi connectivity index (χ0v) is 16.0. The molecule has 2 fully saturated rings. The number of nitrogens with zero attached hydrogens (tertiary/aromatic N) is 1. The summed E-state index contributed by atoms with van der Waals surface area (Å²) in [6, 6.07) is 6.09. The van der Waals surface area contributed by atoms with Gasteiger partial charge in [-0.25, -0.2) is 0 Å². The van der Waals surface area contributed by atoms with Crippen LogP contribution in [-0.2, 0) is 11.2 Å². The molecule has 0 amide bonds. The van der Waals surface area contributed by atoms with Crippen molar-refractivity contribution in [3.8, 4) is 5.75 Å². The van der Waals surface area contributed by atoms with E-state index in [2.05, 4.69) is 32.0 Å². The first-order chi connectivity index (χ1) is 12.0. The summed E-state index contributed by atoms with van der Waals surface area (Å²) in [6.07, 6.45) is 7.99. The van der Waals surface area contributed by atoms with Gasteiger partial charge >= 0.3 is 0 Å². The predicted octanol–water partition coefficient (Wildman–Crippen LogP) is 4.20. The maximum Gasteiger partial charge on any atom is 0.115 e. The van der Waals surface area contributed by atoms with Crippen LogP contribution in [0.15, 0.2) is 18.2 Å². The number of aromatic hydroxyl groups is 1. The van der Waals surface area contributed by atoms with Gasteiger partial charge in [0.1, 0.15) is 5.75 Å². The molecule has 3 heteroatoms. The first-order valence-corrected chi connectivity index (χ1v) is 10.1. The van der Waals surface area contributed by atoms with E-state index in [9.17, 15) is 5.11 Å². The lowest BCUT2D eigenvalue weighted by atomic mass is 9.55. The molecule has 5 atom stereocenters. The first kappa shape index (κ1) is 17.4. The molecule has 0 bridgehead atoms. The van der Waals surface area contributed by atoms with Crippen molar-refractivity contribution in [2.24, 2.45) is 17.3 Å². The summed E-state index contributed by atoms with van der Waals surface area (Å²) in [5.41, 5.74) is 3.27. The second-order valence-corrected chi connectivity index (χ2v) is 9.08. The minimum absolute atomic E-state index is 0.363. The number of fused-ring (bicyclic) bond motifs is 5. The van der Waals surface area contributed by atoms with Gasteiger partial charge in [-0.2, -0.15) is 0 Å². The van der Waals surface area contributed by atoms with Gasteiger partial charge in [-0.3, -0.25) is 0 Å². The minimum atomic E-state index is 0.363. The minimum Gasteiger partial charge on any atom is -0.508 e. The average molecular weight is 344 g/mol.